The zero-order valence-electron chi connectivity index (χ0n) is 15.6. The van der Waals surface area contributed by atoms with Gasteiger partial charge in [-0.15, -0.1) is 0 Å². The van der Waals surface area contributed by atoms with Crippen molar-refractivity contribution in [2.75, 3.05) is 26.7 Å². The molecule has 0 bridgehead atoms. The summed E-state index contributed by atoms with van der Waals surface area (Å²) in [4.78, 5) is 27.9. The van der Waals surface area contributed by atoms with Crippen molar-refractivity contribution in [3.8, 4) is 11.3 Å². The van der Waals surface area contributed by atoms with Crippen LogP contribution in [-0.4, -0.2) is 59.2 Å². The second-order valence-electron chi connectivity index (χ2n) is 7.11. The molecular weight excluding hydrogens is 346 g/mol. The number of piperidine rings is 1. The highest BCUT2D eigenvalue weighted by molar-refractivity contribution is 5.93. The van der Waals surface area contributed by atoms with E-state index in [1.807, 2.05) is 24.3 Å². The van der Waals surface area contributed by atoms with Gasteiger partial charge >= 0.3 is 0 Å². The fraction of sp³-hybridized carbons (Fsp3) is 0.450. The number of carbonyl (C=O) groups is 2. The van der Waals surface area contributed by atoms with Crippen LogP contribution in [0.1, 0.15) is 35.8 Å². The number of benzene rings is 1. The fourth-order valence-corrected chi connectivity index (χ4v) is 3.73. The lowest BCUT2D eigenvalue weighted by Gasteiger charge is -2.41. The summed E-state index contributed by atoms with van der Waals surface area (Å²) in [5.41, 5.74) is 1.88. The van der Waals surface area contributed by atoms with Crippen LogP contribution in [0.5, 0.6) is 0 Å². The van der Waals surface area contributed by atoms with Crippen molar-refractivity contribution >= 4 is 11.8 Å². The number of likely N-dealkylation sites (tertiary alicyclic amines) is 1. The lowest BCUT2D eigenvalue weighted by atomic mass is 9.99. The Bertz CT molecular complexity index is 850. The van der Waals surface area contributed by atoms with E-state index in [4.69, 9.17) is 9.26 Å². The molecule has 1 aromatic carbocycles. The van der Waals surface area contributed by atoms with Crippen molar-refractivity contribution in [1.29, 1.82) is 0 Å². The first-order valence-corrected chi connectivity index (χ1v) is 9.28. The summed E-state index contributed by atoms with van der Waals surface area (Å²) >= 11 is 0. The maximum absolute atomic E-state index is 12.8. The highest BCUT2D eigenvalue weighted by Crippen LogP contribution is 2.34. The van der Waals surface area contributed by atoms with E-state index >= 15 is 0 Å². The standard InChI is InChI=1S/C20H23N3O4/c1-3-14-4-6-15(7-5-14)17-12-16(21-27-17)19(25)23-10-8-20(9-11-23)22(2)18(24)13-26-20/h4-7,12H,3,8-11,13H2,1-2H3. The molecule has 0 aliphatic carbocycles. The third-order valence-corrected chi connectivity index (χ3v) is 5.66. The molecule has 0 atom stereocenters. The van der Waals surface area contributed by atoms with Crippen molar-refractivity contribution in [1.82, 2.24) is 15.0 Å². The summed E-state index contributed by atoms with van der Waals surface area (Å²) in [7, 11) is 1.76. The molecule has 1 spiro atoms. The molecule has 27 heavy (non-hydrogen) atoms. The predicted octanol–water partition coefficient (Wildman–Crippen LogP) is 2.32. The van der Waals surface area contributed by atoms with E-state index in [0.717, 1.165) is 12.0 Å². The van der Waals surface area contributed by atoms with E-state index < -0.39 is 5.72 Å². The van der Waals surface area contributed by atoms with Gasteiger partial charge in [-0.25, -0.2) is 0 Å². The molecule has 4 rings (SSSR count). The van der Waals surface area contributed by atoms with Crippen molar-refractivity contribution in [3.63, 3.8) is 0 Å². The summed E-state index contributed by atoms with van der Waals surface area (Å²) in [6, 6.07) is 9.73. The van der Waals surface area contributed by atoms with E-state index in [2.05, 4.69) is 12.1 Å². The van der Waals surface area contributed by atoms with Gasteiger partial charge in [0.2, 0.25) is 0 Å². The Kier molecular flexibility index (Phi) is 4.47. The molecule has 2 aromatic rings. The van der Waals surface area contributed by atoms with Gasteiger partial charge in [-0.05, 0) is 12.0 Å². The second kappa shape index (κ2) is 6.81. The number of nitrogens with zero attached hydrogens (tertiary/aromatic N) is 3. The van der Waals surface area contributed by atoms with Gasteiger partial charge in [0.15, 0.2) is 11.5 Å². The number of hydrogen-bond donors (Lipinski definition) is 0. The molecule has 7 heteroatoms. The smallest absolute Gasteiger partial charge is 0.276 e. The number of aryl methyl sites for hydroxylation is 1. The molecule has 2 fully saturated rings. The van der Waals surface area contributed by atoms with Crippen LogP contribution in [-0.2, 0) is 16.0 Å². The van der Waals surface area contributed by atoms with E-state index in [-0.39, 0.29) is 18.4 Å². The first kappa shape index (κ1) is 17.7. The van der Waals surface area contributed by atoms with Gasteiger partial charge in [-0.3, -0.25) is 9.59 Å². The maximum atomic E-state index is 12.8. The minimum absolute atomic E-state index is 0.00925. The lowest BCUT2D eigenvalue weighted by molar-refractivity contribution is -0.135. The average Bonchev–Trinajstić information content (AvgIpc) is 3.30. The first-order valence-electron chi connectivity index (χ1n) is 9.28. The first-order chi connectivity index (χ1) is 13.0. The molecule has 0 N–H and O–H groups in total. The summed E-state index contributed by atoms with van der Waals surface area (Å²) in [5, 5.41) is 3.96. The Morgan fingerprint density at radius 3 is 2.52 bits per heavy atom. The van der Waals surface area contributed by atoms with Crippen LogP contribution in [0.2, 0.25) is 0 Å². The molecule has 0 saturated carbocycles. The zero-order chi connectivity index (χ0) is 19.0. The molecule has 142 valence electrons. The molecule has 2 aliphatic rings. The zero-order valence-corrected chi connectivity index (χ0v) is 15.6. The van der Waals surface area contributed by atoms with Crippen molar-refractivity contribution in [2.45, 2.75) is 31.9 Å². The van der Waals surface area contributed by atoms with Gasteiger partial charge in [0.25, 0.3) is 11.8 Å². The molecule has 0 unspecified atom stereocenters. The number of likely N-dealkylation sites (N-methyl/N-ethyl adjacent to an activating group) is 1. The third kappa shape index (κ3) is 3.12. The minimum atomic E-state index is -0.566. The van der Waals surface area contributed by atoms with Crippen LogP contribution >= 0.6 is 0 Å². The van der Waals surface area contributed by atoms with Gasteiger partial charge in [0.1, 0.15) is 12.3 Å². The SMILES string of the molecule is CCc1ccc(-c2cc(C(=O)N3CCC4(CC3)OCC(=O)N4C)no2)cc1. The van der Waals surface area contributed by atoms with Crippen LogP contribution in [0.15, 0.2) is 34.9 Å². The number of carbonyl (C=O) groups excluding carboxylic acids is 2. The van der Waals surface area contributed by atoms with Gasteiger partial charge in [-0.2, -0.15) is 0 Å². The maximum Gasteiger partial charge on any atom is 0.276 e. The number of rotatable bonds is 3. The third-order valence-electron chi connectivity index (χ3n) is 5.66. The van der Waals surface area contributed by atoms with Gasteiger partial charge in [0, 0.05) is 44.6 Å². The van der Waals surface area contributed by atoms with Crippen LogP contribution in [0.4, 0.5) is 0 Å². The summed E-state index contributed by atoms with van der Waals surface area (Å²) < 4.78 is 11.1. The van der Waals surface area contributed by atoms with E-state index in [1.54, 1.807) is 22.9 Å². The van der Waals surface area contributed by atoms with Crippen molar-refractivity contribution < 1.29 is 18.8 Å². The van der Waals surface area contributed by atoms with E-state index in [9.17, 15) is 9.59 Å². The molecule has 0 radical (unpaired) electrons. The molecule has 7 nitrogen and oxygen atoms in total. The largest absolute Gasteiger partial charge is 0.355 e. The summed E-state index contributed by atoms with van der Waals surface area (Å²) in [6.07, 6.45) is 2.18. The highest BCUT2D eigenvalue weighted by Gasteiger charge is 2.47. The number of aromatic nitrogens is 1. The fourth-order valence-electron chi connectivity index (χ4n) is 3.73. The van der Waals surface area contributed by atoms with Crippen LogP contribution in [0.3, 0.4) is 0 Å². The Hall–Kier alpha value is -2.67. The second-order valence-corrected chi connectivity index (χ2v) is 7.11. The topological polar surface area (TPSA) is 75.9 Å². The number of hydrogen-bond acceptors (Lipinski definition) is 5. The monoisotopic (exact) mass is 369 g/mol. The van der Waals surface area contributed by atoms with E-state index in [1.165, 1.54) is 5.56 Å². The Balaban J connectivity index is 1.43. The molecule has 2 aliphatic heterocycles. The highest BCUT2D eigenvalue weighted by atomic mass is 16.5. The van der Waals surface area contributed by atoms with Crippen LogP contribution < -0.4 is 0 Å². The van der Waals surface area contributed by atoms with Crippen molar-refractivity contribution in [2.24, 2.45) is 0 Å². The Morgan fingerprint density at radius 1 is 1.22 bits per heavy atom. The molecule has 3 heterocycles. The van der Waals surface area contributed by atoms with Crippen LogP contribution in [0, 0.1) is 0 Å². The lowest BCUT2D eigenvalue weighted by Crippen LogP contribution is -2.53. The molecule has 2 amide bonds. The molecular formula is C20H23N3O4. The number of ether oxygens (including phenoxy) is 1. The average molecular weight is 369 g/mol. The summed E-state index contributed by atoms with van der Waals surface area (Å²) in [6.45, 7) is 3.26. The molecule has 2 saturated heterocycles. The minimum Gasteiger partial charge on any atom is -0.355 e. The quantitative estimate of drug-likeness (QED) is 0.830. The van der Waals surface area contributed by atoms with Gasteiger partial charge < -0.3 is 19.1 Å². The summed E-state index contributed by atoms with van der Waals surface area (Å²) in [5.74, 6) is 0.418. The van der Waals surface area contributed by atoms with Gasteiger partial charge in [0.05, 0.1) is 0 Å². The van der Waals surface area contributed by atoms with Crippen molar-refractivity contribution in [3.05, 3.63) is 41.6 Å². The van der Waals surface area contributed by atoms with E-state index in [0.29, 0.717) is 37.4 Å². The molecule has 1 aromatic heterocycles. The Labute approximate surface area is 157 Å². The van der Waals surface area contributed by atoms with Gasteiger partial charge in [-0.1, -0.05) is 36.3 Å². The number of amides is 2. The Morgan fingerprint density at radius 2 is 1.93 bits per heavy atom. The predicted molar refractivity (Wildman–Crippen MR) is 97.9 cm³/mol. The van der Waals surface area contributed by atoms with Crippen LogP contribution in [0.25, 0.3) is 11.3 Å². The normalized spacial score (nSPS) is 19.1.